The lowest BCUT2D eigenvalue weighted by Gasteiger charge is -2.46. The Balaban J connectivity index is 2.13. The van der Waals surface area contributed by atoms with Crippen molar-refractivity contribution >= 4 is 20.5 Å². The van der Waals surface area contributed by atoms with E-state index in [1.54, 1.807) is 0 Å². The van der Waals surface area contributed by atoms with Crippen LogP contribution in [0.4, 0.5) is 0 Å². The maximum atomic E-state index is 12.5. The number of unbranched alkanes of at least 4 members (excludes halogenated alkanes) is 3. The molecule has 0 aromatic heterocycles. The Bertz CT molecular complexity index is 663. The van der Waals surface area contributed by atoms with Crippen LogP contribution in [0.2, 0.25) is 0 Å². The number of aliphatic hydroxyl groups is 7. The molecule has 0 aromatic carbocycles. The predicted molar refractivity (Wildman–Crippen MR) is 116 cm³/mol. The van der Waals surface area contributed by atoms with Gasteiger partial charge in [0.25, 0.3) is 0 Å². The molecule has 14 nitrogen and oxygen atoms in total. The summed E-state index contributed by atoms with van der Waals surface area (Å²) in [6.45, 7) is -0.840. The molecule has 0 amide bonds. The van der Waals surface area contributed by atoms with Gasteiger partial charge >= 0.3 is 7.82 Å². The van der Waals surface area contributed by atoms with Crippen LogP contribution in [0.15, 0.2) is 0 Å². The molecule has 1 aliphatic carbocycles. The minimum Gasteiger partial charge on any atom is -0.394 e. The first kappa shape index (κ1) is 30.3. The minimum atomic E-state index is -4.82. The summed E-state index contributed by atoms with van der Waals surface area (Å²) in [7, 11) is -4.82. The van der Waals surface area contributed by atoms with E-state index in [0.717, 1.165) is 12.8 Å². The van der Waals surface area contributed by atoms with E-state index in [-0.39, 0.29) is 6.61 Å². The zero-order chi connectivity index (χ0) is 25.6. The molecule has 2 rings (SSSR count). The molecule has 202 valence electrons. The van der Waals surface area contributed by atoms with Crippen LogP contribution in [0.5, 0.6) is 0 Å². The van der Waals surface area contributed by atoms with Crippen molar-refractivity contribution < 1.29 is 69.5 Å². The van der Waals surface area contributed by atoms with Gasteiger partial charge in [0, 0.05) is 0 Å². The highest BCUT2D eigenvalue weighted by Gasteiger charge is 2.55. The number of ether oxygens (including phenoxy) is 2. The van der Waals surface area contributed by atoms with E-state index < -0.39 is 81.7 Å². The molecule has 2 aliphatic rings. The number of hydrogen-bond donors (Lipinski definition) is 10. The summed E-state index contributed by atoms with van der Waals surface area (Å²) < 4.78 is 33.3. The van der Waals surface area contributed by atoms with Crippen molar-refractivity contribution in [2.24, 2.45) is 0 Å². The van der Waals surface area contributed by atoms with Gasteiger partial charge in [0.1, 0.15) is 54.9 Å². The molecule has 1 heterocycles. The number of aliphatic hydroxyl groups excluding tert-OH is 7. The van der Waals surface area contributed by atoms with Gasteiger partial charge < -0.3 is 55.8 Å². The van der Waals surface area contributed by atoms with Gasteiger partial charge in [-0.3, -0.25) is 9.05 Å². The number of quaternary nitrogens is 1. The van der Waals surface area contributed by atoms with E-state index in [2.05, 4.69) is 18.4 Å². The van der Waals surface area contributed by atoms with E-state index >= 15 is 0 Å². The van der Waals surface area contributed by atoms with Crippen molar-refractivity contribution in [3.05, 3.63) is 0 Å². The molecule has 1 saturated carbocycles. The van der Waals surface area contributed by atoms with Crippen LogP contribution in [0.25, 0.3) is 0 Å². The second-order valence-corrected chi connectivity index (χ2v) is 10.3. The molecule has 16 heteroatoms. The molecule has 1 aliphatic heterocycles. The first-order valence-corrected chi connectivity index (χ1v) is 13.2. The number of phosphoric acid groups is 1. The normalized spacial score (nSPS) is 42.9. The van der Waals surface area contributed by atoms with Gasteiger partial charge in [-0.2, -0.15) is 12.6 Å². The lowest BCUT2D eigenvalue weighted by Crippen LogP contribution is -2.79. The summed E-state index contributed by atoms with van der Waals surface area (Å²) in [6, 6.07) is -1.17. The van der Waals surface area contributed by atoms with Crippen molar-refractivity contribution in [2.45, 2.75) is 93.0 Å². The average molecular weight is 539 g/mol. The Morgan fingerprint density at radius 2 is 1.44 bits per heavy atom. The Labute approximate surface area is 202 Å². The summed E-state index contributed by atoms with van der Waals surface area (Å²) in [5.41, 5.74) is 3.62. The maximum absolute atomic E-state index is 12.5. The fourth-order valence-electron chi connectivity index (χ4n) is 3.82. The number of phosphoric ester groups is 1. The van der Waals surface area contributed by atoms with Crippen molar-refractivity contribution in [2.75, 3.05) is 19.0 Å². The monoisotopic (exact) mass is 538 g/mol. The summed E-state index contributed by atoms with van der Waals surface area (Å²) in [5.74, 6) is 0.716. The van der Waals surface area contributed by atoms with Crippen LogP contribution in [0.3, 0.4) is 0 Å². The molecule has 2 fully saturated rings. The van der Waals surface area contributed by atoms with Crippen LogP contribution in [-0.4, -0.2) is 127 Å². The summed E-state index contributed by atoms with van der Waals surface area (Å²) in [6.07, 6.45) is -14.3. The molecule has 12 atom stereocenters. The molecule has 0 aromatic rings. The quantitative estimate of drug-likeness (QED) is 0.0645. The number of hydrogen-bond acceptors (Lipinski definition) is 13. The van der Waals surface area contributed by atoms with Gasteiger partial charge in [0.15, 0.2) is 6.04 Å². The van der Waals surface area contributed by atoms with Crippen LogP contribution in [-0.2, 0) is 23.1 Å². The second kappa shape index (κ2) is 13.6. The van der Waals surface area contributed by atoms with Crippen LogP contribution in [0.1, 0.15) is 25.7 Å². The summed E-state index contributed by atoms with van der Waals surface area (Å²) in [5, 5.41) is 70.5. The van der Waals surface area contributed by atoms with Gasteiger partial charge in [-0.05, 0) is 18.6 Å². The molecular weight excluding hydrogens is 501 g/mol. The second-order valence-electron chi connectivity index (χ2n) is 8.44. The lowest BCUT2D eigenvalue weighted by atomic mass is 9.84. The highest BCUT2D eigenvalue weighted by atomic mass is 32.1. The third-order valence-corrected chi connectivity index (χ3v) is 7.24. The highest BCUT2D eigenvalue weighted by molar-refractivity contribution is 7.80. The third kappa shape index (κ3) is 7.54. The predicted octanol–water partition coefficient (Wildman–Crippen LogP) is -4.13. The van der Waals surface area contributed by atoms with Crippen LogP contribution in [0, 0.1) is 0 Å². The summed E-state index contributed by atoms with van der Waals surface area (Å²) in [4.78, 5) is 10.1. The molecule has 11 N–H and O–H groups in total. The zero-order valence-electron chi connectivity index (χ0n) is 18.5. The average Bonchev–Trinajstić information content (AvgIpc) is 2.80. The number of rotatable bonds is 12. The smallest absolute Gasteiger partial charge is 0.394 e. The molecule has 0 radical (unpaired) electrons. The van der Waals surface area contributed by atoms with Gasteiger partial charge in [-0.15, -0.1) is 0 Å². The van der Waals surface area contributed by atoms with E-state index in [9.17, 15) is 45.2 Å². The first-order chi connectivity index (χ1) is 15.9. The Morgan fingerprint density at radius 1 is 0.853 bits per heavy atom. The Kier molecular flexibility index (Phi) is 12.1. The molecule has 0 spiro atoms. The number of thiol groups is 1. The SMILES string of the molecule is [NH3+][C@H]1[C@@H](O[C@@H]2[C@@H](O)[C@H](O)[C@@H](O)[C@@H](O)[C@H]2OP(=O)(O)OCCCCCCS)O[C@H](CO)[C@@H](O)[C@@H]1O. The fourth-order valence-corrected chi connectivity index (χ4v) is 5.02. The van der Waals surface area contributed by atoms with Crippen molar-refractivity contribution in [1.29, 1.82) is 0 Å². The first-order valence-electron chi connectivity index (χ1n) is 11.0. The molecule has 0 bridgehead atoms. The van der Waals surface area contributed by atoms with Gasteiger partial charge in [-0.25, -0.2) is 4.57 Å². The van der Waals surface area contributed by atoms with Crippen molar-refractivity contribution in [1.82, 2.24) is 0 Å². The largest absolute Gasteiger partial charge is 0.472 e. The van der Waals surface area contributed by atoms with E-state index in [1.165, 1.54) is 0 Å². The molecule has 1 saturated heterocycles. The van der Waals surface area contributed by atoms with Crippen LogP contribution >= 0.6 is 20.5 Å². The minimum absolute atomic E-state index is 0.141. The van der Waals surface area contributed by atoms with Gasteiger partial charge in [0.2, 0.25) is 6.29 Å². The third-order valence-electron chi connectivity index (χ3n) is 5.91. The van der Waals surface area contributed by atoms with E-state index in [4.69, 9.17) is 18.5 Å². The standard InChI is InChI=1S/C18H36NO13PS/c19-9-11(22)10(21)8(7-20)30-18(9)31-16-14(25)12(23)13(24)15(26)17(16)32-33(27,28)29-5-3-1-2-4-6-34/h8-18,20-26,34H,1-7,19H2,(H,27,28)/p+1/t8-,9-,10-,11-,12-,13-,14+,15-,16-,17-,18-/m1/s1. The van der Waals surface area contributed by atoms with Crippen molar-refractivity contribution in [3.8, 4) is 0 Å². The van der Waals surface area contributed by atoms with Crippen LogP contribution < -0.4 is 5.73 Å². The Morgan fingerprint density at radius 3 is 2.03 bits per heavy atom. The Hall–Kier alpha value is 0.0600. The zero-order valence-corrected chi connectivity index (χ0v) is 20.3. The maximum Gasteiger partial charge on any atom is 0.472 e. The molecular formula is C18H37NO13PS+. The molecule has 34 heavy (non-hydrogen) atoms. The van der Waals surface area contributed by atoms with Crippen molar-refractivity contribution in [3.63, 3.8) is 0 Å². The van der Waals surface area contributed by atoms with E-state index in [0.29, 0.717) is 18.6 Å². The summed E-state index contributed by atoms with van der Waals surface area (Å²) >= 11 is 4.09. The highest BCUT2D eigenvalue weighted by Crippen LogP contribution is 2.47. The topological polar surface area (TPSA) is 243 Å². The van der Waals surface area contributed by atoms with Gasteiger partial charge in [-0.1, -0.05) is 12.8 Å². The van der Waals surface area contributed by atoms with Gasteiger partial charge in [0.05, 0.1) is 13.2 Å². The lowest BCUT2D eigenvalue weighted by molar-refractivity contribution is -0.506. The fraction of sp³-hybridized carbons (Fsp3) is 1.00. The molecule has 1 unspecified atom stereocenters. The van der Waals surface area contributed by atoms with E-state index in [1.807, 2.05) is 0 Å².